The molecule has 0 fully saturated rings. The van der Waals surface area contributed by atoms with Crippen molar-refractivity contribution >= 4 is 5.96 Å². The fraction of sp³-hybridized carbons (Fsp3) is 0.300. The van der Waals surface area contributed by atoms with Crippen LogP contribution in [-0.4, -0.2) is 26.2 Å². The number of halogens is 1. The van der Waals surface area contributed by atoms with E-state index in [0.29, 0.717) is 30.2 Å². The van der Waals surface area contributed by atoms with Crippen LogP contribution in [0.3, 0.4) is 0 Å². The highest BCUT2D eigenvalue weighted by molar-refractivity contribution is 5.79. The van der Waals surface area contributed by atoms with Crippen molar-refractivity contribution in [3.63, 3.8) is 0 Å². The molecule has 2 rings (SSSR count). The van der Waals surface area contributed by atoms with E-state index in [-0.39, 0.29) is 12.4 Å². The van der Waals surface area contributed by atoms with Crippen LogP contribution in [0.5, 0.6) is 5.75 Å². The number of aliphatic imine (C=N–C) groups is 1. The Kier molecular flexibility index (Phi) is 7.44. The number of ether oxygens (including phenoxy) is 1. The van der Waals surface area contributed by atoms with Crippen LogP contribution in [0, 0.1) is 17.1 Å². The van der Waals surface area contributed by atoms with Gasteiger partial charge >= 0.3 is 0 Å². The van der Waals surface area contributed by atoms with Crippen molar-refractivity contribution in [2.45, 2.75) is 19.9 Å². The van der Waals surface area contributed by atoms with Crippen LogP contribution in [-0.2, 0) is 13.0 Å². The van der Waals surface area contributed by atoms with E-state index in [4.69, 9.17) is 10.00 Å². The summed E-state index contributed by atoms with van der Waals surface area (Å²) in [4.78, 5) is 4.40. The van der Waals surface area contributed by atoms with Gasteiger partial charge in [-0.1, -0.05) is 12.1 Å². The third kappa shape index (κ3) is 5.78. The van der Waals surface area contributed by atoms with Gasteiger partial charge in [0, 0.05) is 18.7 Å². The highest BCUT2D eigenvalue weighted by Gasteiger charge is 2.04. The number of hydrogen-bond donors (Lipinski definition) is 2. The second-order valence-corrected chi connectivity index (χ2v) is 5.64. The maximum absolute atomic E-state index is 13.8. The fourth-order valence-corrected chi connectivity index (χ4v) is 2.39. The number of hydrogen-bond acceptors (Lipinski definition) is 3. The van der Waals surface area contributed by atoms with Crippen LogP contribution in [0.15, 0.2) is 47.5 Å². The van der Waals surface area contributed by atoms with Crippen molar-refractivity contribution < 1.29 is 9.13 Å². The van der Waals surface area contributed by atoms with Gasteiger partial charge in [-0.25, -0.2) is 9.38 Å². The Balaban J connectivity index is 1.94. The molecule has 2 aromatic rings. The first-order chi connectivity index (χ1) is 12.7. The molecule has 0 heterocycles. The topological polar surface area (TPSA) is 69.4 Å². The van der Waals surface area contributed by atoms with Crippen LogP contribution in [0.4, 0.5) is 4.39 Å². The third-order valence-corrected chi connectivity index (χ3v) is 3.79. The Hall–Kier alpha value is -3.07. The molecule has 0 aliphatic heterocycles. The van der Waals surface area contributed by atoms with Crippen molar-refractivity contribution in [2.75, 3.05) is 20.2 Å². The summed E-state index contributed by atoms with van der Waals surface area (Å²) in [6.45, 7) is 3.53. The Bertz CT molecular complexity index is 781. The molecule has 6 heteroatoms. The maximum Gasteiger partial charge on any atom is 0.191 e. The third-order valence-electron chi connectivity index (χ3n) is 3.79. The number of nitriles is 1. The van der Waals surface area contributed by atoms with E-state index in [9.17, 15) is 4.39 Å². The van der Waals surface area contributed by atoms with E-state index >= 15 is 0 Å². The lowest BCUT2D eigenvalue weighted by atomic mass is 10.1. The number of benzene rings is 2. The summed E-state index contributed by atoms with van der Waals surface area (Å²) < 4.78 is 19.0. The zero-order valence-corrected chi connectivity index (χ0v) is 15.1. The van der Waals surface area contributed by atoms with Gasteiger partial charge in [-0.2, -0.15) is 5.26 Å². The first-order valence-electron chi connectivity index (χ1n) is 8.50. The van der Waals surface area contributed by atoms with Crippen molar-refractivity contribution in [1.29, 1.82) is 5.26 Å². The van der Waals surface area contributed by atoms with Gasteiger partial charge < -0.3 is 15.4 Å². The lowest BCUT2D eigenvalue weighted by molar-refractivity contribution is 0.414. The Morgan fingerprint density at radius 1 is 1.19 bits per heavy atom. The lowest BCUT2D eigenvalue weighted by Crippen LogP contribution is -2.38. The van der Waals surface area contributed by atoms with Gasteiger partial charge in [0.25, 0.3) is 0 Å². The average Bonchev–Trinajstić information content (AvgIpc) is 2.67. The zero-order valence-electron chi connectivity index (χ0n) is 15.1. The zero-order chi connectivity index (χ0) is 18.8. The van der Waals surface area contributed by atoms with Crippen molar-refractivity contribution in [1.82, 2.24) is 10.6 Å². The van der Waals surface area contributed by atoms with Crippen molar-refractivity contribution in [2.24, 2.45) is 4.99 Å². The Morgan fingerprint density at radius 2 is 1.96 bits per heavy atom. The van der Waals surface area contributed by atoms with Crippen LogP contribution < -0.4 is 15.4 Å². The van der Waals surface area contributed by atoms with E-state index in [1.807, 2.05) is 37.3 Å². The summed E-state index contributed by atoms with van der Waals surface area (Å²) in [5, 5.41) is 15.3. The molecule has 0 aliphatic carbocycles. The summed E-state index contributed by atoms with van der Waals surface area (Å²) in [6.07, 6.45) is 0.826. The molecular weight excluding hydrogens is 331 g/mol. The molecule has 0 unspecified atom stereocenters. The van der Waals surface area contributed by atoms with Gasteiger partial charge in [-0.15, -0.1) is 0 Å². The summed E-state index contributed by atoms with van der Waals surface area (Å²) in [7, 11) is 1.64. The number of guanidine groups is 1. The monoisotopic (exact) mass is 354 g/mol. The molecule has 0 atom stereocenters. The quantitative estimate of drug-likeness (QED) is 0.592. The molecule has 26 heavy (non-hydrogen) atoms. The Morgan fingerprint density at radius 3 is 2.62 bits per heavy atom. The summed E-state index contributed by atoms with van der Waals surface area (Å²) >= 11 is 0. The molecule has 2 N–H and O–H groups in total. The minimum Gasteiger partial charge on any atom is -0.497 e. The minimum absolute atomic E-state index is 0.166. The predicted molar refractivity (Wildman–Crippen MR) is 101 cm³/mol. The molecular formula is C20H23FN4O. The fourth-order valence-electron chi connectivity index (χ4n) is 2.39. The summed E-state index contributed by atoms with van der Waals surface area (Å²) in [6, 6.07) is 14.2. The molecule has 136 valence electrons. The largest absolute Gasteiger partial charge is 0.497 e. The normalized spacial score (nSPS) is 10.9. The highest BCUT2D eigenvalue weighted by Crippen LogP contribution is 2.12. The number of nitrogens with one attached hydrogen (secondary N) is 2. The lowest BCUT2D eigenvalue weighted by Gasteiger charge is -2.12. The molecule has 0 saturated heterocycles. The van der Waals surface area contributed by atoms with Gasteiger partial charge in [-0.3, -0.25) is 0 Å². The van der Waals surface area contributed by atoms with E-state index in [1.54, 1.807) is 7.11 Å². The van der Waals surface area contributed by atoms with Crippen molar-refractivity contribution in [3.05, 3.63) is 65.0 Å². The van der Waals surface area contributed by atoms with Gasteiger partial charge in [0.1, 0.15) is 11.6 Å². The molecule has 0 aliphatic rings. The van der Waals surface area contributed by atoms with Crippen LogP contribution in [0.2, 0.25) is 0 Å². The number of methoxy groups -OCH3 is 1. The average molecular weight is 354 g/mol. The number of rotatable bonds is 7. The van der Waals surface area contributed by atoms with E-state index in [1.165, 1.54) is 23.8 Å². The van der Waals surface area contributed by atoms with Gasteiger partial charge in [-0.05, 0) is 49.2 Å². The highest BCUT2D eigenvalue weighted by atomic mass is 19.1. The molecule has 0 radical (unpaired) electrons. The van der Waals surface area contributed by atoms with Crippen molar-refractivity contribution in [3.8, 4) is 11.8 Å². The predicted octanol–water partition coefficient (Wildman–Crippen LogP) is 3.00. The van der Waals surface area contributed by atoms with Crippen LogP contribution in [0.1, 0.15) is 23.6 Å². The molecule has 5 nitrogen and oxygen atoms in total. The van der Waals surface area contributed by atoms with Gasteiger partial charge in [0.15, 0.2) is 5.96 Å². The first-order valence-corrected chi connectivity index (χ1v) is 8.50. The van der Waals surface area contributed by atoms with Crippen LogP contribution >= 0.6 is 0 Å². The summed E-state index contributed by atoms with van der Waals surface area (Å²) in [5.74, 6) is 1.09. The molecule has 0 bridgehead atoms. The second kappa shape index (κ2) is 10.0. The first kappa shape index (κ1) is 19.3. The van der Waals surface area contributed by atoms with E-state index in [0.717, 1.165) is 12.2 Å². The second-order valence-electron chi connectivity index (χ2n) is 5.64. The number of nitrogens with zero attached hydrogens (tertiary/aromatic N) is 2. The molecule has 0 spiro atoms. The molecule has 2 aromatic carbocycles. The standard InChI is InChI=1S/C20H23FN4O/c1-3-23-20(24-11-10-15-4-7-18(26-2)8-5-15)25-14-17-12-16(13-22)6-9-19(17)21/h4-9,12H,3,10-11,14H2,1-2H3,(H2,23,24,25). The van der Waals surface area contributed by atoms with Gasteiger partial charge in [0.05, 0.1) is 25.3 Å². The molecule has 0 saturated carbocycles. The van der Waals surface area contributed by atoms with E-state index in [2.05, 4.69) is 15.6 Å². The Labute approximate surface area is 153 Å². The minimum atomic E-state index is -0.359. The SMILES string of the molecule is CCNC(=NCc1cc(C#N)ccc1F)NCCc1ccc(OC)cc1. The summed E-state index contributed by atoms with van der Waals surface area (Å²) in [5.41, 5.74) is 2.01. The molecule has 0 amide bonds. The smallest absolute Gasteiger partial charge is 0.191 e. The van der Waals surface area contributed by atoms with Gasteiger partial charge in [0.2, 0.25) is 0 Å². The van der Waals surface area contributed by atoms with Crippen LogP contribution in [0.25, 0.3) is 0 Å². The molecule has 0 aromatic heterocycles. The van der Waals surface area contributed by atoms with E-state index < -0.39 is 0 Å². The maximum atomic E-state index is 13.8.